The number of nitriles is 1. The summed E-state index contributed by atoms with van der Waals surface area (Å²) >= 11 is 11.9. The lowest BCUT2D eigenvalue weighted by atomic mass is 9.92. The van der Waals surface area contributed by atoms with Crippen LogP contribution in [0.4, 0.5) is 0 Å². The van der Waals surface area contributed by atoms with Gasteiger partial charge in [0.25, 0.3) is 0 Å². The molecule has 1 unspecified atom stereocenters. The number of carbonyl (C=O) groups is 1. The summed E-state index contributed by atoms with van der Waals surface area (Å²) in [5.74, 6) is -1.29. The first-order chi connectivity index (χ1) is 9.15. The number of carbonyl (C=O) groups excluding carboxylic acids is 1. The van der Waals surface area contributed by atoms with Crippen LogP contribution >= 0.6 is 23.2 Å². The van der Waals surface area contributed by atoms with Gasteiger partial charge in [-0.05, 0) is 29.8 Å². The van der Waals surface area contributed by atoms with Crippen LogP contribution in [0.1, 0.15) is 21.8 Å². The number of halogens is 2. The Morgan fingerprint density at radius 3 is 2.53 bits per heavy atom. The average Bonchev–Trinajstić information content (AvgIpc) is 2.44. The van der Waals surface area contributed by atoms with Crippen molar-refractivity contribution >= 4 is 29.0 Å². The summed E-state index contributed by atoms with van der Waals surface area (Å²) in [6.07, 6.45) is 3.07. The molecule has 0 N–H and O–H groups in total. The van der Waals surface area contributed by atoms with Gasteiger partial charge in [-0.3, -0.25) is 9.78 Å². The van der Waals surface area contributed by atoms with Crippen molar-refractivity contribution in [3.05, 3.63) is 63.9 Å². The molecule has 1 heterocycles. The van der Waals surface area contributed by atoms with E-state index in [1.54, 1.807) is 30.3 Å². The van der Waals surface area contributed by atoms with Gasteiger partial charge in [0.05, 0.1) is 16.1 Å². The van der Waals surface area contributed by atoms with Crippen LogP contribution in [-0.4, -0.2) is 10.8 Å². The number of pyridine rings is 1. The summed E-state index contributed by atoms with van der Waals surface area (Å²) in [4.78, 5) is 16.2. The van der Waals surface area contributed by atoms with Crippen LogP contribution in [0.2, 0.25) is 10.0 Å². The number of rotatable bonds is 3. The highest BCUT2D eigenvalue weighted by Crippen LogP contribution is 2.29. The molecule has 0 aliphatic carbocycles. The van der Waals surface area contributed by atoms with Crippen LogP contribution in [0.3, 0.4) is 0 Å². The van der Waals surface area contributed by atoms with Crippen molar-refractivity contribution in [1.82, 2.24) is 4.98 Å². The average molecular weight is 291 g/mol. The molecule has 0 fully saturated rings. The van der Waals surface area contributed by atoms with E-state index in [0.717, 1.165) is 0 Å². The molecule has 0 spiro atoms. The van der Waals surface area contributed by atoms with Gasteiger partial charge in [-0.15, -0.1) is 0 Å². The van der Waals surface area contributed by atoms with E-state index >= 15 is 0 Å². The van der Waals surface area contributed by atoms with Crippen LogP contribution < -0.4 is 0 Å². The number of benzene rings is 1. The first-order valence-electron chi connectivity index (χ1n) is 5.43. The number of hydrogen-bond donors (Lipinski definition) is 0. The van der Waals surface area contributed by atoms with E-state index in [1.165, 1.54) is 12.4 Å². The fourth-order valence-corrected chi connectivity index (χ4v) is 2.08. The third-order valence-corrected chi connectivity index (χ3v) is 3.47. The second kappa shape index (κ2) is 5.83. The fourth-order valence-electron chi connectivity index (χ4n) is 1.69. The number of ketones is 1. The van der Waals surface area contributed by atoms with Gasteiger partial charge >= 0.3 is 0 Å². The molecule has 1 atom stereocenters. The molecule has 3 nitrogen and oxygen atoms in total. The molecule has 2 rings (SSSR count). The molecule has 1 aromatic heterocycles. The van der Waals surface area contributed by atoms with Gasteiger partial charge in [0.1, 0.15) is 5.92 Å². The fraction of sp³-hybridized carbons (Fsp3) is 0.0714. The molecule has 0 saturated heterocycles. The van der Waals surface area contributed by atoms with Gasteiger partial charge in [-0.1, -0.05) is 29.3 Å². The predicted octanol–water partition coefficient (Wildman–Crippen LogP) is 3.88. The molecular formula is C14H8Cl2N2O. The summed E-state index contributed by atoms with van der Waals surface area (Å²) in [7, 11) is 0. The van der Waals surface area contributed by atoms with E-state index in [9.17, 15) is 10.1 Å². The number of hydrogen-bond acceptors (Lipinski definition) is 3. The Hall–Kier alpha value is -1.89. The highest BCUT2D eigenvalue weighted by molar-refractivity contribution is 6.44. The number of aromatic nitrogens is 1. The second-order valence-electron chi connectivity index (χ2n) is 3.81. The van der Waals surface area contributed by atoms with E-state index in [2.05, 4.69) is 4.98 Å². The second-order valence-corrected chi connectivity index (χ2v) is 4.59. The molecule has 0 bridgehead atoms. The van der Waals surface area contributed by atoms with E-state index in [0.29, 0.717) is 10.6 Å². The summed E-state index contributed by atoms with van der Waals surface area (Å²) < 4.78 is 0. The minimum absolute atomic E-state index is 0.170. The molecule has 0 amide bonds. The Bertz CT molecular complexity index is 650. The van der Waals surface area contributed by atoms with Crippen LogP contribution in [-0.2, 0) is 0 Å². The molecule has 94 valence electrons. The zero-order valence-electron chi connectivity index (χ0n) is 9.68. The molecule has 0 saturated carbocycles. The Morgan fingerprint density at radius 1 is 1.21 bits per heavy atom. The monoisotopic (exact) mass is 290 g/mol. The standard InChI is InChI=1S/C14H8Cl2N2O/c15-12-3-1-2-10(13(12)16)14(19)11(8-17)9-4-6-18-7-5-9/h1-7,11H. The molecule has 19 heavy (non-hydrogen) atoms. The molecule has 0 aliphatic rings. The third kappa shape index (κ3) is 2.76. The van der Waals surface area contributed by atoms with Gasteiger partial charge in [-0.25, -0.2) is 0 Å². The van der Waals surface area contributed by atoms with E-state index in [1.807, 2.05) is 6.07 Å². The van der Waals surface area contributed by atoms with Crippen molar-refractivity contribution in [3.63, 3.8) is 0 Å². The van der Waals surface area contributed by atoms with Crippen molar-refractivity contribution in [2.45, 2.75) is 5.92 Å². The van der Waals surface area contributed by atoms with Crippen molar-refractivity contribution in [2.24, 2.45) is 0 Å². The predicted molar refractivity (Wildman–Crippen MR) is 73.4 cm³/mol. The smallest absolute Gasteiger partial charge is 0.186 e. The van der Waals surface area contributed by atoms with E-state index in [4.69, 9.17) is 23.2 Å². The highest BCUT2D eigenvalue weighted by Gasteiger charge is 2.24. The summed E-state index contributed by atoms with van der Waals surface area (Å²) in [5.41, 5.74) is 0.830. The summed E-state index contributed by atoms with van der Waals surface area (Å²) in [6, 6.07) is 10.0. The topological polar surface area (TPSA) is 53.8 Å². The van der Waals surface area contributed by atoms with Gasteiger partial charge in [0.2, 0.25) is 0 Å². The maximum absolute atomic E-state index is 12.4. The molecule has 0 radical (unpaired) electrons. The largest absolute Gasteiger partial charge is 0.292 e. The Kier molecular flexibility index (Phi) is 4.16. The molecule has 0 aliphatic heterocycles. The third-order valence-electron chi connectivity index (χ3n) is 2.65. The number of nitrogens with zero attached hydrogens (tertiary/aromatic N) is 2. The zero-order valence-corrected chi connectivity index (χ0v) is 11.2. The maximum atomic E-state index is 12.4. The SMILES string of the molecule is N#CC(C(=O)c1cccc(Cl)c1Cl)c1ccncc1. The lowest BCUT2D eigenvalue weighted by molar-refractivity contribution is 0.0979. The quantitative estimate of drug-likeness (QED) is 0.806. The van der Waals surface area contributed by atoms with Crippen molar-refractivity contribution < 1.29 is 4.79 Å². The van der Waals surface area contributed by atoms with Crippen LogP contribution in [0.5, 0.6) is 0 Å². The highest BCUT2D eigenvalue weighted by atomic mass is 35.5. The van der Waals surface area contributed by atoms with E-state index in [-0.39, 0.29) is 16.4 Å². The Morgan fingerprint density at radius 2 is 1.89 bits per heavy atom. The lowest BCUT2D eigenvalue weighted by Gasteiger charge is -2.10. The van der Waals surface area contributed by atoms with Crippen LogP contribution in [0.15, 0.2) is 42.7 Å². The van der Waals surface area contributed by atoms with Gasteiger partial charge < -0.3 is 0 Å². The molecule has 5 heteroatoms. The zero-order chi connectivity index (χ0) is 13.8. The number of Topliss-reactive ketones (excluding diaryl/α,β-unsaturated/α-hetero) is 1. The molecule has 1 aromatic carbocycles. The van der Waals surface area contributed by atoms with Crippen molar-refractivity contribution in [1.29, 1.82) is 5.26 Å². The normalized spacial score (nSPS) is 11.6. The first-order valence-corrected chi connectivity index (χ1v) is 6.18. The van der Waals surface area contributed by atoms with Crippen LogP contribution in [0, 0.1) is 11.3 Å². The van der Waals surface area contributed by atoms with E-state index < -0.39 is 5.92 Å². The Balaban J connectivity index is 2.43. The minimum Gasteiger partial charge on any atom is -0.292 e. The first kappa shape index (κ1) is 13.5. The van der Waals surface area contributed by atoms with Gasteiger partial charge in [0, 0.05) is 18.0 Å². The molecule has 2 aromatic rings. The van der Waals surface area contributed by atoms with Crippen LogP contribution in [0.25, 0.3) is 0 Å². The lowest BCUT2D eigenvalue weighted by Crippen LogP contribution is -2.12. The minimum atomic E-state index is -0.918. The van der Waals surface area contributed by atoms with Crippen molar-refractivity contribution in [3.8, 4) is 6.07 Å². The van der Waals surface area contributed by atoms with Gasteiger partial charge in [-0.2, -0.15) is 5.26 Å². The maximum Gasteiger partial charge on any atom is 0.186 e. The van der Waals surface area contributed by atoms with Gasteiger partial charge in [0.15, 0.2) is 5.78 Å². The molecular weight excluding hydrogens is 283 g/mol. The Labute approximate surface area is 120 Å². The van der Waals surface area contributed by atoms with Crippen molar-refractivity contribution in [2.75, 3.05) is 0 Å². The summed E-state index contributed by atoms with van der Waals surface area (Å²) in [5, 5.41) is 9.66. The summed E-state index contributed by atoms with van der Waals surface area (Å²) in [6.45, 7) is 0.